The number of anilines is 1. The van der Waals surface area contributed by atoms with Crippen LogP contribution in [0.15, 0.2) is 6.20 Å². The highest BCUT2D eigenvalue weighted by Gasteiger charge is 2.44. The molecule has 1 aliphatic heterocycles. The van der Waals surface area contributed by atoms with E-state index in [1.807, 2.05) is 0 Å². The second-order valence-corrected chi connectivity index (χ2v) is 5.64. The molecule has 1 aliphatic rings. The molecule has 0 fully saturated rings. The first-order chi connectivity index (χ1) is 9.08. The molecule has 0 atom stereocenters. The summed E-state index contributed by atoms with van der Waals surface area (Å²) in [7, 11) is 0. The van der Waals surface area contributed by atoms with Gasteiger partial charge in [-0.3, -0.25) is 4.90 Å². The Bertz CT molecular complexity index is 543. The van der Waals surface area contributed by atoms with Gasteiger partial charge in [-0.05, 0) is 20.8 Å². The lowest BCUT2D eigenvalue weighted by atomic mass is 10.0. The number of aromatic nitrogens is 2. The quantitative estimate of drug-likeness (QED) is 0.787. The zero-order valence-electron chi connectivity index (χ0n) is 11.5. The van der Waals surface area contributed by atoms with Crippen LogP contribution in [-0.2, 0) is 17.2 Å². The van der Waals surface area contributed by atoms with Gasteiger partial charge in [0.05, 0.1) is 13.1 Å². The molecule has 110 valence electrons. The van der Waals surface area contributed by atoms with Crippen LogP contribution in [-0.4, -0.2) is 33.1 Å². The van der Waals surface area contributed by atoms with Crippen LogP contribution in [0.3, 0.4) is 0 Å². The second-order valence-electron chi connectivity index (χ2n) is 5.64. The van der Waals surface area contributed by atoms with E-state index < -0.39 is 29.9 Å². The number of ether oxygens (including phenoxy) is 1. The molecule has 2 rings (SSSR count). The van der Waals surface area contributed by atoms with Gasteiger partial charge >= 0.3 is 12.0 Å². The lowest BCUT2D eigenvalue weighted by Gasteiger charge is -2.34. The number of nitrogens with zero attached hydrogens (tertiary/aromatic N) is 3. The van der Waals surface area contributed by atoms with Crippen molar-refractivity contribution in [3.05, 3.63) is 17.5 Å². The minimum absolute atomic E-state index is 0.0277. The Labute approximate surface area is 114 Å². The highest BCUT2D eigenvalue weighted by atomic mass is 19.3. The zero-order chi connectivity index (χ0) is 15.1. The van der Waals surface area contributed by atoms with E-state index in [4.69, 9.17) is 10.5 Å². The Balaban J connectivity index is 2.27. The zero-order valence-corrected chi connectivity index (χ0v) is 11.5. The molecule has 20 heavy (non-hydrogen) atoms. The number of hydrogen-bond donors (Lipinski definition) is 1. The molecule has 0 saturated carbocycles. The third kappa shape index (κ3) is 2.94. The van der Waals surface area contributed by atoms with Crippen LogP contribution in [0.25, 0.3) is 0 Å². The molecule has 2 N–H and O–H groups in total. The monoisotopic (exact) mass is 286 g/mol. The predicted octanol–water partition coefficient (Wildman–Crippen LogP) is 1.90. The average molecular weight is 286 g/mol. The van der Waals surface area contributed by atoms with Crippen LogP contribution in [0.1, 0.15) is 32.0 Å². The van der Waals surface area contributed by atoms with Gasteiger partial charge in [-0.25, -0.2) is 14.8 Å². The van der Waals surface area contributed by atoms with Crippen LogP contribution < -0.4 is 5.73 Å². The summed E-state index contributed by atoms with van der Waals surface area (Å²) in [6, 6.07) is 0. The molecule has 2 heterocycles. The van der Waals surface area contributed by atoms with Crippen LogP contribution in [0, 0.1) is 0 Å². The highest BCUT2D eigenvalue weighted by Crippen LogP contribution is 2.35. The lowest BCUT2D eigenvalue weighted by Crippen LogP contribution is -2.46. The molecule has 1 aromatic rings. The van der Waals surface area contributed by atoms with Crippen molar-refractivity contribution in [2.45, 2.75) is 38.8 Å². The van der Waals surface area contributed by atoms with E-state index in [1.165, 1.54) is 6.20 Å². The SMILES string of the molecule is CC(C)(C)OC(=O)N1Cc2cnc(N)nc2C(F)(F)C1. The molecule has 0 unspecified atom stereocenters. The van der Waals surface area contributed by atoms with Gasteiger partial charge in [0, 0.05) is 11.8 Å². The van der Waals surface area contributed by atoms with Crippen molar-refractivity contribution in [3.63, 3.8) is 0 Å². The van der Waals surface area contributed by atoms with Crippen molar-refractivity contribution in [1.82, 2.24) is 14.9 Å². The topological polar surface area (TPSA) is 81.3 Å². The number of carbonyl (C=O) groups excluding carboxylic acids is 1. The van der Waals surface area contributed by atoms with Crippen LogP contribution in [0.2, 0.25) is 0 Å². The van der Waals surface area contributed by atoms with Crippen molar-refractivity contribution < 1.29 is 18.3 Å². The van der Waals surface area contributed by atoms with Crippen molar-refractivity contribution in [2.75, 3.05) is 12.3 Å². The maximum Gasteiger partial charge on any atom is 0.410 e. The molecule has 0 saturated heterocycles. The van der Waals surface area contributed by atoms with Gasteiger partial charge in [0.1, 0.15) is 11.3 Å². The number of halogens is 2. The first-order valence-corrected chi connectivity index (χ1v) is 6.06. The summed E-state index contributed by atoms with van der Waals surface area (Å²) >= 11 is 0. The largest absolute Gasteiger partial charge is 0.444 e. The third-order valence-electron chi connectivity index (χ3n) is 2.63. The van der Waals surface area contributed by atoms with E-state index in [9.17, 15) is 13.6 Å². The van der Waals surface area contributed by atoms with Gasteiger partial charge < -0.3 is 10.5 Å². The third-order valence-corrected chi connectivity index (χ3v) is 2.63. The fraction of sp³-hybridized carbons (Fsp3) is 0.583. The van der Waals surface area contributed by atoms with Crippen molar-refractivity contribution >= 4 is 12.0 Å². The summed E-state index contributed by atoms with van der Waals surface area (Å²) in [4.78, 5) is 20.1. The average Bonchev–Trinajstić information content (AvgIpc) is 2.27. The van der Waals surface area contributed by atoms with E-state index in [-0.39, 0.29) is 18.1 Å². The minimum atomic E-state index is -3.28. The van der Waals surface area contributed by atoms with Gasteiger partial charge in [0.15, 0.2) is 0 Å². The Morgan fingerprint density at radius 2 is 2.15 bits per heavy atom. The summed E-state index contributed by atoms with van der Waals surface area (Å²) in [5.41, 5.74) is 4.32. The highest BCUT2D eigenvalue weighted by molar-refractivity contribution is 5.68. The van der Waals surface area contributed by atoms with Crippen molar-refractivity contribution in [3.8, 4) is 0 Å². The van der Waals surface area contributed by atoms with Gasteiger partial charge in [-0.2, -0.15) is 8.78 Å². The van der Waals surface area contributed by atoms with E-state index in [0.717, 1.165) is 4.90 Å². The van der Waals surface area contributed by atoms with Gasteiger partial charge in [0.2, 0.25) is 5.95 Å². The van der Waals surface area contributed by atoms with Crippen LogP contribution in [0.5, 0.6) is 0 Å². The molecular formula is C12H16F2N4O2. The summed E-state index contributed by atoms with van der Waals surface area (Å²) in [6.45, 7) is 4.20. The molecule has 0 radical (unpaired) electrons. The van der Waals surface area contributed by atoms with Gasteiger partial charge in [-0.1, -0.05) is 0 Å². The summed E-state index contributed by atoms with van der Waals surface area (Å²) in [6.07, 6.45) is 0.418. The minimum Gasteiger partial charge on any atom is -0.444 e. The van der Waals surface area contributed by atoms with E-state index >= 15 is 0 Å². The van der Waals surface area contributed by atoms with Gasteiger partial charge in [0.25, 0.3) is 0 Å². The van der Waals surface area contributed by atoms with E-state index in [1.54, 1.807) is 20.8 Å². The molecule has 1 aromatic heterocycles. The number of nitrogens with two attached hydrogens (primary N) is 1. The van der Waals surface area contributed by atoms with E-state index in [0.29, 0.717) is 0 Å². The Hall–Kier alpha value is -1.99. The molecule has 0 aliphatic carbocycles. The molecular weight excluding hydrogens is 270 g/mol. The number of fused-ring (bicyclic) bond motifs is 1. The normalized spacial score (nSPS) is 17.6. The molecule has 6 nitrogen and oxygen atoms in total. The summed E-state index contributed by atoms with van der Waals surface area (Å²) in [5.74, 6) is -3.49. The van der Waals surface area contributed by atoms with Crippen molar-refractivity contribution in [1.29, 1.82) is 0 Å². The van der Waals surface area contributed by atoms with Crippen LogP contribution in [0.4, 0.5) is 19.5 Å². The number of carbonyl (C=O) groups is 1. The molecule has 8 heteroatoms. The standard InChI is InChI=1S/C12H16F2N4O2/c1-11(2,3)20-10(19)18-5-7-4-16-9(15)17-8(7)12(13,14)6-18/h4H,5-6H2,1-3H3,(H2,15,16,17). The van der Waals surface area contributed by atoms with E-state index in [2.05, 4.69) is 9.97 Å². The van der Waals surface area contributed by atoms with Crippen molar-refractivity contribution in [2.24, 2.45) is 0 Å². The number of hydrogen-bond acceptors (Lipinski definition) is 5. The fourth-order valence-electron chi connectivity index (χ4n) is 1.88. The maximum atomic E-state index is 14.0. The second kappa shape index (κ2) is 4.53. The predicted molar refractivity (Wildman–Crippen MR) is 67.0 cm³/mol. The van der Waals surface area contributed by atoms with Gasteiger partial charge in [-0.15, -0.1) is 0 Å². The first-order valence-electron chi connectivity index (χ1n) is 6.06. The number of nitrogen functional groups attached to an aromatic ring is 1. The Morgan fingerprint density at radius 3 is 2.75 bits per heavy atom. The molecule has 1 amide bonds. The summed E-state index contributed by atoms with van der Waals surface area (Å²) in [5, 5.41) is 0. The van der Waals surface area contributed by atoms with Crippen LogP contribution >= 0.6 is 0 Å². The number of alkyl halides is 2. The molecule has 0 aromatic carbocycles. The Kier molecular flexibility index (Phi) is 3.27. The molecule has 0 spiro atoms. The first kappa shape index (κ1) is 14.4. The smallest absolute Gasteiger partial charge is 0.410 e. The number of rotatable bonds is 0. The summed E-state index contributed by atoms with van der Waals surface area (Å²) < 4.78 is 33.1. The molecule has 0 bridgehead atoms. The number of amides is 1. The lowest BCUT2D eigenvalue weighted by molar-refractivity contribution is -0.0625. The Morgan fingerprint density at radius 1 is 1.50 bits per heavy atom. The fourth-order valence-corrected chi connectivity index (χ4v) is 1.88. The maximum absolute atomic E-state index is 14.0.